The van der Waals surface area contributed by atoms with Crippen molar-refractivity contribution in [2.45, 2.75) is 27.7 Å². The molecular weight excluding hydrogens is 250 g/mol. The predicted molar refractivity (Wildman–Crippen MR) is 87.7 cm³/mol. The fraction of sp³-hybridized carbons (Fsp3) is 0.235. The number of allylic oxidation sites excluding steroid dienone is 4. The van der Waals surface area contributed by atoms with E-state index in [2.05, 4.69) is 6.58 Å². The average Bonchev–Trinajstić information content (AvgIpc) is 2.42. The first-order valence-electron chi connectivity index (χ1n) is 6.50. The van der Waals surface area contributed by atoms with Crippen LogP contribution in [-0.4, -0.2) is 11.4 Å². The van der Waals surface area contributed by atoms with Crippen LogP contribution in [0.3, 0.4) is 0 Å². The molecule has 0 aromatic heterocycles. The van der Waals surface area contributed by atoms with E-state index in [1.54, 1.807) is 30.4 Å². The van der Waals surface area contributed by atoms with Gasteiger partial charge in [0.2, 0.25) is 0 Å². The summed E-state index contributed by atoms with van der Waals surface area (Å²) in [6.07, 6.45) is 7.79. The largest absolute Gasteiger partial charge is 0.508 e. The van der Waals surface area contributed by atoms with Crippen LogP contribution in [0.2, 0.25) is 0 Å². The molecule has 0 aliphatic rings. The second-order valence-electron chi connectivity index (χ2n) is 3.58. The van der Waals surface area contributed by atoms with Crippen molar-refractivity contribution in [2.24, 2.45) is 5.73 Å². The average molecular weight is 275 g/mol. The maximum Gasteiger partial charge on any atom is 0.150 e. The van der Waals surface area contributed by atoms with Crippen molar-refractivity contribution in [3.8, 4) is 5.75 Å². The molecule has 0 saturated heterocycles. The van der Waals surface area contributed by atoms with Crippen molar-refractivity contribution in [3.63, 3.8) is 0 Å². The Labute approximate surface area is 122 Å². The number of hydrogen-bond acceptors (Lipinski definition) is 3. The third-order valence-electron chi connectivity index (χ3n) is 1.92. The number of hydrogen-bond donors (Lipinski definition) is 2. The van der Waals surface area contributed by atoms with Gasteiger partial charge in [0, 0.05) is 11.3 Å². The van der Waals surface area contributed by atoms with Crippen LogP contribution in [0.5, 0.6) is 5.75 Å². The van der Waals surface area contributed by atoms with E-state index < -0.39 is 0 Å². The molecule has 20 heavy (non-hydrogen) atoms. The molecule has 0 fully saturated rings. The van der Waals surface area contributed by atoms with Gasteiger partial charge in [-0.05, 0) is 43.7 Å². The van der Waals surface area contributed by atoms with Crippen LogP contribution in [0.15, 0.2) is 48.7 Å². The Morgan fingerprint density at radius 1 is 1.30 bits per heavy atom. The van der Waals surface area contributed by atoms with E-state index >= 15 is 0 Å². The lowest BCUT2D eigenvalue weighted by molar-refractivity contribution is 0.112. The van der Waals surface area contributed by atoms with Crippen molar-refractivity contribution in [1.29, 1.82) is 0 Å². The molecule has 0 aliphatic heterocycles. The molecule has 3 N–H and O–H groups in total. The van der Waals surface area contributed by atoms with Gasteiger partial charge in [-0.25, -0.2) is 0 Å². The van der Waals surface area contributed by atoms with Gasteiger partial charge >= 0.3 is 0 Å². The highest BCUT2D eigenvalue weighted by Gasteiger charge is 1.98. The number of carbonyl (C=O) groups is 1. The fourth-order valence-corrected chi connectivity index (χ4v) is 1.18. The minimum absolute atomic E-state index is 0.175. The summed E-state index contributed by atoms with van der Waals surface area (Å²) in [5, 5.41) is 9.11. The van der Waals surface area contributed by atoms with Gasteiger partial charge in [0.1, 0.15) is 5.75 Å². The molecule has 0 radical (unpaired) electrons. The van der Waals surface area contributed by atoms with Crippen LogP contribution in [0.25, 0.3) is 6.08 Å². The number of aromatic hydroxyl groups is 1. The normalized spacial score (nSPS) is 9.90. The first-order valence-corrected chi connectivity index (χ1v) is 6.50. The maximum atomic E-state index is 10.5. The molecule has 110 valence electrons. The highest BCUT2D eigenvalue weighted by atomic mass is 16.3. The number of carbonyl (C=O) groups excluding carboxylic acids is 1. The van der Waals surface area contributed by atoms with E-state index in [0.29, 0.717) is 5.56 Å². The number of rotatable bonds is 3. The Morgan fingerprint density at radius 3 is 2.25 bits per heavy atom. The lowest BCUT2D eigenvalue weighted by atomic mass is 10.1. The highest BCUT2D eigenvalue weighted by molar-refractivity contribution is 5.82. The van der Waals surface area contributed by atoms with Gasteiger partial charge in [-0.2, -0.15) is 0 Å². The molecular formula is C17H25NO2. The van der Waals surface area contributed by atoms with Gasteiger partial charge in [0.05, 0.1) is 0 Å². The summed E-state index contributed by atoms with van der Waals surface area (Å²) >= 11 is 0. The molecule has 1 aromatic rings. The number of aldehydes is 1. The van der Waals surface area contributed by atoms with Crippen molar-refractivity contribution in [1.82, 2.24) is 0 Å². The topological polar surface area (TPSA) is 63.3 Å². The molecule has 3 nitrogen and oxygen atoms in total. The Balaban J connectivity index is 0. The lowest BCUT2D eigenvalue weighted by Gasteiger charge is -1.98. The van der Waals surface area contributed by atoms with Crippen molar-refractivity contribution in [2.75, 3.05) is 0 Å². The summed E-state index contributed by atoms with van der Waals surface area (Å²) in [7, 11) is 0. The Kier molecular flexibility index (Phi) is 13.2. The summed E-state index contributed by atoms with van der Waals surface area (Å²) in [4.78, 5) is 10.5. The van der Waals surface area contributed by atoms with E-state index in [1.807, 2.05) is 33.8 Å². The Morgan fingerprint density at radius 2 is 1.90 bits per heavy atom. The number of phenols is 1. The van der Waals surface area contributed by atoms with Crippen LogP contribution < -0.4 is 5.73 Å². The third-order valence-corrected chi connectivity index (χ3v) is 1.92. The lowest BCUT2D eigenvalue weighted by Crippen LogP contribution is -1.87. The number of benzene rings is 1. The van der Waals surface area contributed by atoms with Crippen LogP contribution in [-0.2, 0) is 0 Å². The monoisotopic (exact) mass is 275 g/mol. The van der Waals surface area contributed by atoms with E-state index in [4.69, 9.17) is 10.8 Å². The maximum absolute atomic E-state index is 10.5. The summed E-state index contributed by atoms with van der Waals surface area (Å²) in [6.45, 7) is 11.1. The zero-order valence-electron chi connectivity index (χ0n) is 12.8. The van der Waals surface area contributed by atoms with Crippen molar-refractivity contribution >= 4 is 12.4 Å². The zero-order valence-corrected chi connectivity index (χ0v) is 12.8. The van der Waals surface area contributed by atoms with Gasteiger partial charge in [0.25, 0.3) is 0 Å². The standard InChI is InChI=1S/C10H10O2.C5H9N.C2H6/c1-2-3-8-6-10(12)5-4-9(8)7-11;1-3-4-5(2)6;1-2/h2-7,12H,1H3;3-4H,1,6H2,2H3;1-2H3/b3-2-;5-4-;. The van der Waals surface area contributed by atoms with Crippen LogP contribution in [0, 0.1) is 0 Å². The molecule has 3 heteroatoms. The molecule has 0 bridgehead atoms. The SMILES string of the molecule is C/C=C\c1cc(O)ccc1C=O.C=C/C=C(/C)N.CC. The molecule has 1 rings (SSSR count). The molecule has 0 aliphatic carbocycles. The molecule has 0 heterocycles. The summed E-state index contributed by atoms with van der Waals surface area (Å²) in [6, 6.07) is 4.65. The highest BCUT2D eigenvalue weighted by Crippen LogP contribution is 2.16. The van der Waals surface area contributed by atoms with E-state index in [1.165, 1.54) is 6.07 Å². The first-order chi connectivity index (χ1) is 9.54. The predicted octanol–water partition coefficient (Wildman–Crippen LogP) is 4.30. The minimum Gasteiger partial charge on any atom is -0.508 e. The molecule has 0 amide bonds. The van der Waals surface area contributed by atoms with Gasteiger partial charge in [-0.3, -0.25) is 4.79 Å². The van der Waals surface area contributed by atoms with Crippen LogP contribution in [0.1, 0.15) is 43.6 Å². The fourth-order valence-electron chi connectivity index (χ4n) is 1.18. The second kappa shape index (κ2) is 13.1. The number of nitrogens with two attached hydrogens (primary N) is 1. The molecule has 1 aromatic carbocycles. The summed E-state index contributed by atoms with van der Waals surface area (Å²) < 4.78 is 0. The first kappa shape index (κ1) is 20.0. The van der Waals surface area contributed by atoms with E-state index in [-0.39, 0.29) is 5.75 Å². The second-order valence-corrected chi connectivity index (χ2v) is 3.58. The van der Waals surface area contributed by atoms with E-state index in [0.717, 1.165) is 17.5 Å². The molecule has 0 unspecified atom stereocenters. The van der Waals surface area contributed by atoms with Crippen LogP contribution >= 0.6 is 0 Å². The van der Waals surface area contributed by atoms with Gasteiger partial charge in [-0.1, -0.05) is 38.7 Å². The Hall–Kier alpha value is -2.29. The van der Waals surface area contributed by atoms with Crippen molar-refractivity contribution < 1.29 is 9.90 Å². The van der Waals surface area contributed by atoms with Gasteiger partial charge in [0.15, 0.2) is 6.29 Å². The van der Waals surface area contributed by atoms with Gasteiger partial charge in [-0.15, -0.1) is 0 Å². The molecule has 0 atom stereocenters. The molecule has 0 spiro atoms. The van der Waals surface area contributed by atoms with Gasteiger partial charge < -0.3 is 10.8 Å². The molecule has 0 saturated carbocycles. The zero-order chi connectivity index (χ0) is 16.0. The third kappa shape index (κ3) is 9.71. The summed E-state index contributed by atoms with van der Waals surface area (Å²) in [5.74, 6) is 0.175. The minimum atomic E-state index is 0.175. The summed E-state index contributed by atoms with van der Waals surface area (Å²) in [5.41, 5.74) is 7.32. The van der Waals surface area contributed by atoms with Crippen LogP contribution in [0.4, 0.5) is 0 Å². The van der Waals surface area contributed by atoms with Crippen molar-refractivity contribution in [3.05, 3.63) is 59.8 Å². The smallest absolute Gasteiger partial charge is 0.150 e. The quantitative estimate of drug-likeness (QED) is 0.638. The number of phenolic OH excluding ortho intramolecular Hbond substituents is 1. The Bertz CT molecular complexity index is 456. The van der Waals surface area contributed by atoms with E-state index in [9.17, 15) is 4.79 Å².